The zero-order chi connectivity index (χ0) is 22.9. The summed E-state index contributed by atoms with van der Waals surface area (Å²) < 4.78 is 12.2. The number of rotatable bonds is 8. The predicted octanol–water partition coefficient (Wildman–Crippen LogP) is 1.43. The van der Waals surface area contributed by atoms with Crippen LogP contribution in [0.4, 0.5) is 0 Å². The average molecular weight is 447 g/mol. The summed E-state index contributed by atoms with van der Waals surface area (Å²) in [5, 5.41) is 9.24. The Kier molecular flexibility index (Phi) is 6.45. The molecule has 2 amide bonds. The zero-order valence-corrected chi connectivity index (χ0v) is 19.0. The van der Waals surface area contributed by atoms with Crippen LogP contribution < -0.4 is 0 Å². The minimum atomic E-state index is -1.21. The van der Waals surface area contributed by atoms with Crippen molar-refractivity contribution in [2.45, 2.75) is 63.2 Å². The third-order valence-corrected chi connectivity index (χ3v) is 7.37. The number of unbranched alkanes of at least 4 members (excludes halogenated alkanes) is 2. The maximum Gasteiger partial charge on any atom is 0.313 e. The van der Waals surface area contributed by atoms with Gasteiger partial charge in [-0.2, -0.15) is 0 Å². The van der Waals surface area contributed by atoms with Crippen molar-refractivity contribution in [3.8, 4) is 0 Å². The van der Waals surface area contributed by atoms with Crippen molar-refractivity contribution in [3.63, 3.8) is 0 Å². The van der Waals surface area contributed by atoms with Gasteiger partial charge in [-0.1, -0.05) is 38.5 Å². The van der Waals surface area contributed by atoms with Gasteiger partial charge in [0, 0.05) is 26.2 Å². The van der Waals surface area contributed by atoms with Gasteiger partial charge in [-0.25, -0.2) is 0 Å². The van der Waals surface area contributed by atoms with E-state index in [-0.39, 0.29) is 25.0 Å². The Balaban J connectivity index is 1.81. The minimum absolute atomic E-state index is 0.0208. The van der Waals surface area contributed by atoms with Gasteiger partial charge >= 0.3 is 5.97 Å². The highest BCUT2D eigenvalue weighted by atomic mass is 16.6. The molecule has 4 heterocycles. The summed E-state index contributed by atoms with van der Waals surface area (Å²) in [6.45, 7) is 5.58. The molecule has 0 aromatic carbocycles. The first kappa shape index (κ1) is 23.0. The molecule has 0 aromatic rings. The summed E-state index contributed by atoms with van der Waals surface area (Å²) in [7, 11) is 0. The third kappa shape index (κ3) is 3.39. The number of ether oxygens (including phenoxy) is 2. The van der Waals surface area contributed by atoms with Gasteiger partial charge in [0.1, 0.15) is 29.8 Å². The number of hydrogen-bond acceptors (Lipinski definition) is 6. The van der Waals surface area contributed by atoms with Crippen LogP contribution in [0, 0.1) is 11.8 Å². The first-order chi connectivity index (χ1) is 15.5. The number of aliphatic hydroxyl groups is 1. The molecule has 2 saturated heterocycles. The molecule has 0 aromatic heterocycles. The molecule has 1 N–H and O–H groups in total. The highest BCUT2D eigenvalue weighted by Crippen LogP contribution is 2.58. The zero-order valence-electron chi connectivity index (χ0n) is 19.0. The normalized spacial score (nSPS) is 36.0. The summed E-state index contributed by atoms with van der Waals surface area (Å²) >= 11 is 0. The Morgan fingerprint density at radius 2 is 1.84 bits per heavy atom. The Morgan fingerprint density at radius 3 is 2.56 bits per heavy atom. The lowest BCUT2D eigenvalue weighted by Gasteiger charge is -2.38. The van der Waals surface area contributed by atoms with Gasteiger partial charge in [0.15, 0.2) is 0 Å². The van der Waals surface area contributed by atoms with E-state index >= 15 is 0 Å². The monoisotopic (exact) mass is 446 g/mol. The quantitative estimate of drug-likeness (QED) is 0.344. The molecule has 4 aliphatic rings. The molecule has 0 radical (unpaired) electrons. The maximum absolute atomic E-state index is 13.8. The minimum Gasteiger partial charge on any atom is -0.461 e. The molecule has 2 fully saturated rings. The van der Waals surface area contributed by atoms with E-state index in [0.29, 0.717) is 38.9 Å². The standard InChI is InChI=1S/C24H34N2O6/c1-3-5-12-25-13-8-11-24-17(18-22(30)31-16-9-10-23(18,4-2)32-24)20(28)26(14-6-7-15-27)19(24)21(25)29/h8-11,17-19,27H,3-7,12-16H2,1-2H3/t17-,18-,19?,23+,24-/m0/s1. The second kappa shape index (κ2) is 8.98. The number of esters is 1. The van der Waals surface area contributed by atoms with Crippen LogP contribution in [0.15, 0.2) is 24.3 Å². The van der Waals surface area contributed by atoms with Crippen molar-refractivity contribution < 1.29 is 29.0 Å². The number of nitrogens with zero attached hydrogens (tertiary/aromatic N) is 2. The molecular weight excluding hydrogens is 412 g/mol. The van der Waals surface area contributed by atoms with Crippen LogP contribution in [-0.4, -0.2) is 82.8 Å². The molecule has 8 heteroatoms. The molecule has 4 aliphatic heterocycles. The fourth-order valence-electron chi connectivity index (χ4n) is 5.83. The Hall–Kier alpha value is -2.19. The largest absolute Gasteiger partial charge is 0.461 e. The van der Waals surface area contributed by atoms with Gasteiger partial charge in [0.05, 0.1) is 5.92 Å². The molecule has 1 unspecified atom stereocenters. The molecule has 176 valence electrons. The number of likely N-dealkylation sites (tertiary alicyclic amines) is 1. The van der Waals surface area contributed by atoms with E-state index in [4.69, 9.17) is 9.47 Å². The van der Waals surface area contributed by atoms with Crippen LogP contribution in [0.5, 0.6) is 0 Å². The Morgan fingerprint density at radius 1 is 1.03 bits per heavy atom. The van der Waals surface area contributed by atoms with Crippen LogP contribution in [0.25, 0.3) is 0 Å². The van der Waals surface area contributed by atoms with E-state index in [1.54, 1.807) is 15.9 Å². The first-order valence-electron chi connectivity index (χ1n) is 11.9. The number of hydrogen-bond donors (Lipinski definition) is 1. The van der Waals surface area contributed by atoms with Gasteiger partial charge in [-0.3, -0.25) is 14.4 Å². The van der Waals surface area contributed by atoms with E-state index in [9.17, 15) is 19.5 Å². The van der Waals surface area contributed by atoms with E-state index in [1.807, 2.05) is 25.2 Å². The summed E-state index contributed by atoms with van der Waals surface area (Å²) in [4.78, 5) is 44.2. The molecule has 32 heavy (non-hydrogen) atoms. The Labute approximate surface area is 189 Å². The van der Waals surface area contributed by atoms with Crippen molar-refractivity contribution in [2.24, 2.45) is 11.8 Å². The van der Waals surface area contributed by atoms with Crippen molar-refractivity contribution in [1.82, 2.24) is 9.80 Å². The molecule has 8 nitrogen and oxygen atoms in total. The predicted molar refractivity (Wildman–Crippen MR) is 116 cm³/mol. The van der Waals surface area contributed by atoms with Gasteiger partial charge in [-0.15, -0.1) is 0 Å². The van der Waals surface area contributed by atoms with Crippen LogP contribution >= 0.6 is 0 Å². The fourth-order valence-corrected chi connectivity index (χ4v) is 5.83. The number of fused-ring (bicyclic) bond motifs is 2. The van der Waals surface area contributed by atoms with Gasteiger partial charge in [0.2, 0.25) is 11.8 Å². The number of carbonyl (C=O) groups excluding carboxylic acids is 3. The second-order valence-corrected chi connectivity index (χ2v) is 9.16. The van der Waals surface area contributed by atoms with Crippen LogP contribution in [0.2, 0.25) is 0 Å². The fraction of sp³-hybridized carbons (Fsp3) is 0.708. The molecular formula is C24H34N2O6. The maximum atomic E-state index is 13.8. The molecule has 0 saturated carbocycles. The summed E-state index contributed by atoms with van der Waals surface area (Å²) in [6.07, 6.45) is 10.8. The van der Waals surface area contributed by atoms with Gasteiger partial charge in [-0.05, 0) is 31.8 Å². The van der Waals surface area contributed by atoms with Crippen LogP contribution in [0.3, 0.4) is 0 Å². The lowest BCUT2D eigenvalue weighted by molar-refractivity contribution is -0.159. The van der Waals surface area contributed by atoms with Gasteiger partial charge in [0.25, 0.3) is 0 Å². The van der Waals surface area contributed by atoms with E-state index in [2.05, 4.69) is 6.92 Å². The van der Waals surface area contributed by atoms with Crippen molar-refractivity contribution in [1.29, 1.82) is 0 Å². The van der Waals surface area contributed by atoms with Crippen molar-refractivity contribution in [2.75, 3.05) is 32.8 Å². The highest BCUT2D eigenvalue weighted by molar-refractivity contribution is 5.99. The SMILES string of the molecule is CCCCN1CC=C[C@]23O[C@]4(CC)C=CCOC(=O)[C@@H]4[C@H]2C(=O)N(CCCCO)C3C1=O. The summed E-state index contributed by atoms with van der Waals surface area (Å²) in [6, 6.07) is -0.828. The average Bonchev–Trinajstić information content (AvgIpc) is 3.06. The van der Waals surface area contributed by atoms with Crippen molar-refractivity contribution >= 4 is 17.8 Å². The van der Waals surface area contributed by atoms with E-state index in [0.717, 1.165) is 12.8 Å². The van der Waals surface area contributed by atoms with Crippen LogP contribution in [-0.2, 0) is 23.9 Å². The lowest BCUT2D eigenvalue weighted by Crippen LogP contribution is -2.56. The topological polar surface area (TPSA) is 96.4 Å². The van der Waals surface area contributed by atoms with Crippen molar-refractivity contribution in [3.05, 3.63) is 24.3 Å². The van der Waals surface area contributed by atoms with Crippen LogP contribution in [0.1, 0.15) is 46.0 Å². The summed E-state index contributed by atoms with van der Waals surface area (Å²) in [5.41, 5.74) is -2.19. The lowest BCUT2D eigenvalue weighted by atomic mass is 9.73. The number of aliphatic hydroxyl groups excluding tert-OH is 1. The Bertz CT molecular complexity index is 825. The molecule has 0 aliphatic carbocycles. The smallest absolute Gasteiger partial charge is 0.313 e. The highest BCUT2D eigenvalue weighted by Gasteiger charge is 2.75. The van der Waals surface area contributed by atoms with E-state index in [1.165, 1.54) is 0 Å². The molecule has 0 bridgehead atoms. The number of cyclic esters (lactones) is 1. The first-order valence-corrected chi connectivity index (χ1v) is 11.9. The van der Waals surface area contributed by atoms with E-state index < -0.39 is 35.0 Å². The third-order valence-electron chi connectivity index (χ3n) is 7.37. The molecule has 1 spiro atoms. The molecule has 5 atom stereocenters. The second-order valence-electron chi connectivity index (χ2n) is 9.16. The number of amides is 2. The van der Waals surface area contributed by atoms with Gasteiger partial charge < -0.3 is 24.4 Å². The molecule has 4 rings (SSSR count). The number of carbonyl (C=O) groups is 3. The summed E-state index contributed by atoms with van der Waals surface area (Å²) in [5.74, 6) is -2.44.